The van der Waals surface area contributed by atoms with Crippen LogP contribution in [0.1, 0.15) is 25.7 Å². The molecule has 118 valence electrons. The fourth-order valence-corrected chi connectivity index (χ4v) is 4.22. The molecule has 1 saturated carbocycles. The molecule has 0 aromatic heterocycles. The van der Waals surface area contributed by atoms with Gasteiger partial charge in [-0.25, -0.2) is 13.1 Å². The molecule has 0 heterocycles. The van der Waals surface area contributed by atoms with E-state index in [1.807, 2.05) is 14.1 Å². The zero-order valence-electron chi connectivity index (χ0n) is 12.4. The number of hydrogen-bond donors (Lipinski definition) is 2. The smallest absolute Gasteiger partial charge is 0.240 e. The molecule has 0 unspecified atom stereocenters. The van der Waals surface area contributed by atoms with Crippen molar-refractivity contribution in [2.24, 2.45) is 0 Å². The molecule has 0 aliphatic heterocycles. The van der Waals surface area contributed by atoms with Crippen LogP contribution in [0.25, 0.3) is 0 Å². The van der Waals surface area contributed by atoms with Crippen LogP contribution in [0.5, 0.6) is 0 Å². The molecule has 1 aromatic rings. The lowest BCUT2D eigenvalue weighted by atomic mass is 9.97. The Bertz CT molecular complexity index is 611. The topological polar surface area (TPSA) is 75.4 Å². The van der Waals surface area contributed by atoms with Crippen molar-refractivity contribution in [2.75, 3.05) is 26.4 Å². The van der Waals surface area contributed by atoms with Crippen LogP contribution in [0.3, 0.4) is 0 Å². The minimum Gasteiger partial charge on any atom is -0.398 e. The summed E-state index contributed by atoms with van der Waals surface area (Å²) in [4.78, 5) is 2.34. The van der Waals surface area contributed by atoms with Gasteiger partial charge in [-0.3, -0.25) is 0 Å². The largest absolute Gasteiger partial charge is 0.398 e. The SMILES string of the molecule is CN(C)C1(CNS(=O)(=O)c2ccc(Br)c(N)c2)CCCC1. The molecule has 0 radical (unpaired) electrons. The lowest BCUT2D eigenvalue weighted by molar-refractivity contribution is 0.162. The molecule has 1 aliphatic rings. The first-order valence-electron chi connectivity index (χ1n) is 6.99. The summed E-state index contributed by atoms with van der Waals surface area (Å²) in [6, 6.07) is 4.68. The molecule has 0 saturated heterocycles. The lowest BCUT2D eigenvalue weighted by Crippen LogP contribution is -2.50. The van der Waals surface area contributed by atoms with Gasteiger partial charge in [0.15, 0.2) is 0 Å². The van der Waals surface area contributed by atoms with Crippen molar-refractivity contribution in [1.82, 2.24) is 9.62 Å². The molecule has 7 heteroatoms. The summed E-state index contributed by atoms with van der Waals surface area (Å²) < 4.78 is 28.3. The van der Waals surface area contributed by atoms with E-state index in [0.717, 1.165) is 25.7 Å². The Morgan fingerprint density at radius 2 is 1.95 bits per heavy atom. The number of nitrogens with one attached hydrogen (secondary N) is 1. The number of hydrogen-bond acceptors (Lipinski definition) is 4. The molecule has 3 N–H and O–H groups in total. The third kappa shape index (κ3) is 3.59. The number of halogens is 1. The molecule has 0 spiro atoms. The van der Waals surface area contributed by atoms with Crippen LogP contribution < -0.4 is 10.5 Å². The normalized spacial score (nSPS) is 18.3. The van der Waals surface area contributed by atoms with E-state index in [0.29, 0.717) is 16.7 Å². The van der Waals surface area contributed by atoms with Crippen molar-refractivity contribution in [1.29, 1.82) is 0 Å². The van der Waals surface area contributed by atoms with Crippen molar-refractivity contribution in [2.45, 2.75) is 36.1 Å². The highest BCUT2D eigenvalue weighted by Crippen LogP contribution is 2.33. The van der Waals surface area contributed by atoms with Gasteiger partial charge in [0.2, 0.25) is 10.0 Å². The highest BCUT2D eigenvalue weighted by molar-refractivity contribution is 9.10. The molecule has 0 bridgehead atoms. The van der Waals surface area contributed by atoms with Crippen LogP contribution >= 0.6 is 15.9 Å². The van der Waals surface area contributed by atoms with Gasteiger partial charge in [0.25, 0.3) is 0 Å². The van der Waals surface area contributed by atoms with E-state index in [2.05, 4.69) is 25.6 Å². The van der Waals surface area contributed by atoms with Gasteiger partial charge in [-0.05, 0) is 61.1 Å². The van der Waals surface area contributed by atoms with Crippen LogP contribution in [0.2, 0.25) is 0 Å². The first-order valence-corrected chi connectivity index (χ1v) is 9.27. The summed E-state index contributed by atoms with van der Waals surface area (Å²) in [6.45, 7) is 0.429. The van der Waals surface area contributed by atoms with Gasteiger partial charge >= 0.3 is 0 Å². The average molecular weight is 376 g/mol. The van der Waals surface area contributed by atoms with Crippen LogP contribution in [0.15, 0.2) is 27.6 Å². The predicted octanol–water partition coefficient (Wildman–Crippen LogP) is 2.18. The van der Waals surface area contributed by atoms with Crippen molar-refractivity contribution in [3.05, 3.63) is 22.7 Å². The Kier molecular flexibility index (Phi) is 4.97. The number of benzene rings is 1. The summed E-state index contributed by atoms with van der Waals surface area (Å²) >= 11 is 3.27. The maximum absolute atomic E-state index is 12.4. The minimum atomic E-state index is -3.54. The van der Waals surface area contributed by atoms with Gasteiger partial charge in [0, 0.05) is 22.2 Å². The van der Waals surface area contributed by atoms with E-state index in [-0.39, 0.29) is 10.4 Å². The van der Waals surface area contributed by atoms with Crippen molar-refractivity contribution < 1.29 is 8.42 Å². The molecular formula is C14H22BrN3O2S. The quantitative estimate of drug-likeness (QED) is 0.773. The second-order valence-corrected chi connectivity index (χ2v) is 8.46. The van der Waals surface area contributed by atoms with Gasteiger partial charge in [0.1, 0.15) is 0 Å². The maximum atomic E-state index is 12.4. The van der Waals surface area contributed by atoms with E-state index in [1.54, 1.807) is 12.1 Å². The fourth-order valence-electron chi connectivity index (χ4n) is 2.82. The summed E-state index contributed by atoms with van der Waals surface area (Å²) in [5, 5.41) is 0. The number of anilines is 1. The van der Waals surface area contributed by atoms with Crippen LogP contribution in [-0.2, 0) is 10.0 Å². The Hall–Kier alpha value is -0.630. The van der Waals surface area contributed by atoms with Crippen LogP contribution in [0, 0.1) is 0 Å². The molecule has 21 heavy (non-hydrogen) atoms. The Labute approximate surface area is 135 Å². The molecule has 5 nitrogen and oxygen atoms in total. The van der Waals surface area contributed by atoms with Crippen molar-refractivity contribution in [3.63, 3.8) is 0 Å². The first-order chi connectivity index (χ1) is 9.77. The number of likely N-dealkylation sites (N-methyl/N-ethyl adjacent to an activating group) is 1. The second kappa shape index (κ2) is 6.24. The van der Waals surface area contributed by atoms with E-state index in [9.17, 15) is 8.42 Å². The van der Waals surface area contributed by atoms with E-state index in [4.69, 9.17) is 5.73 Å². The second-order valence-electron chi connectivity index (χ2n) is 5.83. The molecular weight excluding hydrogens is 354 g/mol. The molecule has 0 amide bonds. The minimum absolute atomic E-state index is 0.0754. The lowest BCUT2D eigenvalue weighted by Gasteiger charge is -2.36. The Morgan fingerprint density at radius 3 is 2.48 bits per heavy atom. The van der Waals surface area contributed by atoms with Gasteiger partial charge < -0.3 is 10.6 Å². The monoisotopic (exact) mass is 375 g/mol. The third-order valence-corrected chi connectivity index (χ3v) is 6.47. The van der Waals surface area contributed by atoms with Crippen molar-refractivity contribution in [3.8, 4) is 0 Å². The van der Waals surface area contributed by atoms with E-state index < -0.39 is 10.0 Å². The summed E-state index contributed by atoms with van der Waals surface area (Å²) in [5.74, 6) is 0. The number of sulfonamides is 1. The Morgan fingerprint density at radius 1 is 1.33 bits per heavy atom. The highest BCUT2D eigenvalue weighted by Gasteiger charge is 2.37. The Balaban J connectivity index is 2.15. The summed E-state index contributed by atoms with van der Waals surface area (Å²) in [5.41, 5.74) is 6.10. The molecule has 1 fully saturated rings. The van der Waals surface area contributed by atoms with Gasteiger partial charge in [-0.1, -0.05) is 12.8 Å². The summed E-state index contributed by atoms with van der Waals surface area (Å²) in [7, 11) is 0.486. The van der Waals surface area contributed by atoms with E-state index in [1.165, 1.54) is 6.07 Å². The zero-order valence-corrected chi connectivity index (χ0v) is 14.8. The van der Waals surface area contributed by atoms with Gasteiger partial charge in [0.05, 0.1) is 4.90 Å². The zero-order chi connectivity index (χ0) is 15.7. The molecule has 0 atom stereocenters. The van der Waals surface area contributed by atoms with Gasteiger partial charge in [-0.2, -0.15) is 0 Å². The maximum Gasteiger partial charge on any atom is 0.240 e. The first kappa shape index (κ1) is 16.7. The molecule has 1 aromatic carbocycles. The summed E-state index contributed by atoms with van der Waals surface area (Å²) in [6.07, 6.45) is 4.33. The number of nitrogens with two attached hydrogens (primary N) is 1. The van der Waals surface area contributed by atoms with Crippen molar-refractivity contribution >= 4 is 31.6 Å². The van der Waals surface area contributed by atoms with Crippen LogP contribution in [0.4, 0.5) is 5.69 Å². The van der Waals surface area contributed by atoms with E-state index >= 15 is 0 Å². The highest BCUT2D eigenvalue weighted by atomic mass is 79.9. The number of nitrogen functional groups attached to an aromatic ring is 1. The number of nitrogens with zero attached hydrogens (tertiary/aromatic N) is 1. The van der Waals surface area contributed by atoms with Gasteiger partial charge in [-0.15, -0.1) is 0 Å². The number of rotatable bonds is 5. The predicted molar refractivity (Wildman–Crippen MR) is 88.6 cm³/mol. The van der Waals surface area contributed by atoms with Crippen LogP contribution in [-0.4, -0.2) is 39.5 Å². The molecule has 2 rings (SSSR count). The fraction of sp³-hybridized carbons (Fsp3) is 0.571. The molecule has 1 aliphatic carbocycles. The standard InChI is InChI=1S/C14H22BrN3O2S/c1-18(2)14(7-3-4-8-14)10-17-21(19,20)11-5-6-12(15)13(16)9-11/h5-6,9,17H,3-4,7-8,10,16H2,1-2H3. The third-order valence-electron chi connectivity index (χ3n) is 4.35. The average Bonchev–Trinajstić information content (AvgIpc) is 2.90.